The molecule has 1 heterocycles. The summed E-state index contributed by atoms with van der Waals surface area (Å²) in [7, 11) is -4.05. The zero-order valence-electron chi connectivity index (χ0n) is 11.8. The maximum atomic E-state index is 12.7. The van der Waals surface area contributed by atoms with E-state index in [0.717, 1.165) is 11.8 Å². The van der Waals surface area contributed by atoms with Gasteiger partial charge in [-0.25, -0.2) is 4.98 Å². The SMILES string of the molecule is Cc1ccc(S(=O)(=O)n2c([N+](=O)[O-])cnc2C(C)C)cc1. The van der Waals surface area contributed by atoms with Crippen LogP contribution in [-0.4, -0.2) is 22.3 Å². The Morgan fingerprint density at radius 1 is 1.24 bits per heavy atom. The highest BCUT2D eigenvalue weighted by Crippen LogP contribution is 2.26. The monoisotopic (exact) mass is 309 g/mol. The number of hydrogen-bond acceptors (Lipinski definition) is 5. The number of imidazole rings is 1. The topological polar surface area (TPSA) is 95.1 Å². The third-order valence-electron chi connectivity index (χ3n) is 2.99. The average molecular weight is 309 g/mol. The van der Waals surface area contributed by atoms with Crippen LogP contribution in [0.4, 0.5) is 5.82 Å². The summed E-state index contributed by atoms with van der Waals surface area (Å²) in [4.78, 5) is 14.2. The summed E-state index contributed by atoms with van der Waals surface area (Å²) in [5.74, 6) is -0.680. The highest BCUT2D eigenvalue weighted by molar-refractivity contribution is 7.90. The van der Waals surface area contributed by atoms with E-state index >= 15 is 0 Å². The van der Waals surface area contributed by atoms with Crippen molar-refractivity contribution in [2.75, 3.05) is 0 Å². The molecule has 1 aromatic heterocycles. The van der Waals surface area contributed by atoms with Gasteiger partial charge in [-0.1, -0.05) is 35.5 Å². The normalized spacial score (nSPS) is 11.8. The van der Waals surface area contributed by atoms with Gasteiger partial charge in [0, 0.05) is 5.92 Å². The Morgan fingerprint density at radius 2 is 1.81 bits per heavy atom. The molecular formula is C13H15N3O4S. The van der Waals surface area contributed by atoms with Crippen molar-refractivity contribution < 1.29 is 13.3 Å². The average Bonchev–Trinajstić information content (AvgIpc) is 2.84. The summed E-state index contributed by atoms with van der Waals surface area (Å²) in [6.45, 7) is 5.29. The second-order valence-corrected chi connectivity index (χ2v) is 6.76. The molecule has 0 aliphatic heterocycles. The predicted molar refractivity (Wildman–Crippen MR) is 76.7 cm³/mol. The van der Waals surface area contributed by atoms with Crippen molar-refractivity contribution in [3.8, 4) is 0 Å². The minimum atomic E-state index is -4.05. The van der Waals surface area contributed by atoms with Crippen LogP contribution in [0.25, 0.3) is 0 Å². The van der Waals surface area contributed by atoms with E-state index in [1.165, 1.54) is 12.1 Å². The molecule has 21 heavy (non-hydrogen) atoms. The standard InChI is InChI=1S/C13H15N3O4S/c1-9(2)13-14-8-12(16(17)18)15(13)21(19,20)11-6-4-10(3)5-7-11/h4-9H,1-3H3. The fourth-order valence-electron chi connectivity index (χ4n) is 1.91. The van der Waals surface area contributed by atoms with Crippen molar-refractivity contribution >= 4 is 15.8 Å². The van der Waals surface area contributed by atoms with E-state index < -0.39 is 20.8 Å². The third-order valence-corrected chi connectivity index (χ3v) is 4.71. The van der Waals surface area contributed by atoms with Gasteiger partial charge in [-0.2, -0.15) is 8.42 Å². The molecule has 2 rings (SSSR count). The molecule has 7 nitrogen and oxygen atoms in total. The van der Waals surface area contributed by atoms with Gasteiger partial charge in [-0.15, -0.1) is 0 Å². The molecule has 8 heteroatoms. The largest absolute Gasteiger partial charge is 0.358 e. The van der Waals surface area contributed by atoms with Crippen LogP contribution < -0.4 is 0 Å². The Labute approximate surface area is 122 Å². The minimum absolute atomic E-state index is 0.00361. The van der Waals surface area contributed by atoms with Crippen LogP contribution in [0.2, 0.25) is 0 Å². The maximum Gasteiger partial charge on any atom is 0.358 e. The molecule has 0 amide bonds. The molecule has 2 aromatic rings. The molecule has 1 aromatic carbocycles. The van der Waals surface area contributed by atoms with Gasteiger partial charge in [0.05, 0.1) is 0 Å². The van der Waals surface area contributed by atoms with Crippen molar-refractivity contribution in [2.45, 2.75) is 31.6 Å². The van der Waals surface area contributed by atoms with Crippen LogP contribution >= 0.6 is 0 Å². The van der Waals surface area contributed by atoms with Gasteiger partial charge in [-0.3, -0.25) is 0 Å². The van der Waals surface area contributed by atoms with Crippen molar-refractivity contribution in [2.24, 2.45) is 0 Å². The van der Waals surface area contributed by atoms with Crippen LogP contribution in [0.1, 0.15) is 31.2 Å². The first-order valence-corrected chi connectivity index (χ1v) is 7.73. The Kier molecular flexibility index (Phi) is 3.82. The van der Waals surface area contributed by atoms with Gasteiger partial charge in [0.15, 0.2) is 0 Å². The number of rotatable bonds is 4. The Balaban J connectivity index is 2.72. The van der Waals surface area contributed by atoms with E-state index in [9.17, 15) is 18.5 Å². The second-order valence-electron chi connectivity index (χ2n) is 4.97. The summed E-state index contributed by atoms with van der Waals surface area (Å²) in [5.41, 5.74) is 0.901. The van der Waals surface area contributed by atoms with Crippen LogP contribution in [0.3, 0.4) is 0 Å². The minimum Gasteiger partial charge on any atom is -0.358 e. The van der Waals surface area contributed by atoms with Gasteiger partial charge in [0.25, 0.3) is 0 Å². The lowest BCUT2D eigenvalue weighted by molar-refractivity contribution is -0.390. The van der Waals surface area contributed by atoms with E-state index in [2.05, 4.69) is 4.98 Å². The van der Waals surface area contributed by atoms with Crippen LogP contribution in [0, 0.1) is 17.0 Å². The third kappa shape index (κ3) is 2.66. The molecule has 0 bridgehead atoms. The lowest BCUT2D eigenvalue weighted by atomic mass is 10.2. The van der Waals surface area contributed by atoms with E-state index in [-0.39, 0.29) is 16.6 Å². The molecule has 0 aliphatic carbocycles. The molecule has 0 radical (unpaired) electrons. The molecule has 112 valence electrons. The van der Waals surface area contributed by atoms with Crippen molar-refractivity contribution in [1.29, 1.82) is 0 Å². The van der Waals surface area contributed by atoms with E-state index in [0.29, 0.717) is 3.97 Å². The first-order chi connectivity index (χ1) is 9.75. The first kappa shape index (κ1) is 15.2. The summed E-state index contributed by atoms with van der Waals surface area (Å²) in [6.07, 6.45) is 0.973. The molecule has 0 N–H and O–H groups in total. The number of benzene rings is 1. The zero-order valence-corrected chi connectivity index (χ0v) is 12.7. The Morgan fingerprint density at radius 3 is 2.29 bits per heavy atom. The summed E-state index contributed by atoms with van der Waals surface area (Å²) < 4.78 is 26.1. The highest BCUT2D eigenvalue weighted by Gasteiger charge is 2.34. The highest BCUT2D eigenvalue weighted by atomic mass is 32.2. The van der Waals surface area contributed by atoms with E-state index in [4.69, 9.17) is 0 Å². The summed E-state index contributed by atoms with van der Waals surface area (Å²) in [6, 6.07) is 6.15. The number of aromatic nitrogens is 2. The van der Waals surface area contributed by atoms with Gasteiger partial charge >= 0.3 is 15.8 Å². The quantitative estimate of drug-likeness (QED) is 0.638. The van der Waals surface area contributed by atoms with Gasteiger partial charge in [0.1, 0.15) is 11.1 Å². The fraction of sp³-hybridized carbons (Fsp3) is 0.308. The van der Waals surface area contributed by atoms with Crippen LogP contribution in [0.15, 0.2) is 35.4 Å². The summed E-state index contributed by atoms with van der Waals surface area (Å²) in [5, 5.41) is 11.1. The molecule has 0 unspecified atom stereocenters. The van der Waals surface area contributed by atoms with Crippen molar-refractivity contribution in [1.82, 2.24) is 8.96 Å². The van der Waals surface area contributed by atoms with Crippen LogP contribution in [0.5, 0.6) is 0 Å². The predicted octanol–water partition coefficient (Wildman–Crippen LogP) is 2.46. The van der Waals surface area contributed by atoms with Crippen LogP contribution in [-0.2, 0) is 10.0 Å². The molecule has 0 atom stereocenters. The lowest BCUT2D eigenvalue weighted by Crippen LogP contribution is -2.18. The lowest BCUT2D eigenvalue weighted by Gasteiger charge is -2.08. The van der Waals surface area contributed by atoms with Crippen molar-refractivity contribution in [3.05, 3.63) is 52.0 Å². The van der Waals surface area contributed by atoms with Gasteiger partial charge in [-0.05, 0) is 24.0 Å². The maximum absolute atomic E-state index is 12.7. The number of hydrogen-bond donors (Lipinski definition) is 0. The second kappa shape index (κ2) is 5.28. The summed E-state index contributed by atoms with van der Waals surface area (Å²) >= 11 is 0. The van der Waals surface area contributed by atoms with Gasteiger partial charge < -0.3 is 10.1 Å². The Hall–Kier alpha value is -2.22. The molecule has 0 fully saturated rings. The smallest absolute Gasteiger partial charge is 0.358 e. The molecule has 0 saturated carbocycles. The molecule has 0 spiro atoms. The van der Waals surface area contributed by atoms with Gasteiger partial charge in [0.2, 0.25) is 5.82 Å². The fourth-order valence-corrected chi connectivity index (χ4v) is 3.47. The zero-order chi connectivity index (χ0) is 15.8. The first-order valence-electron chi connectivity index (χ1n) is 6.29. The Bertz CT molecular complexity index is 776. The molecule has 0 saturated heterocycles. The number of aryl methyl sites for hydroxylation is 1. The van der Waals surface area contributed by atoms with E-state index in [1.807, 2.05) is 6.92 Å². The number of nitro groups is 1. The van der Waals surface area contributed by atoms with Crippen molar-refractivity contribution in [3.63, 3.8) is 0 Å². The molecular weight excluding hydrogens is 294 g/mol. The molecule has 0 aliphatic rings. The number of nitrogens with zero attached hydrogens (tertiary/aromatic N) is 3. The van der Waals surface area contributed by atoms with E-state index in [1.54, 1.807) is 26.0 Å².